The Balaban J connectivity index is 0.00000261. The molecule has 1 saturated heterocycles. The fourth-order valence-electron chi connectivity index (χ4n) is 3.69. The van der Waals surface area contributed by atoms with Gasteiger partial charge in [-0.05, 0) is 51.6 Å². The largest absolute Gasteiger partial charge is 0.489 e. The van der Waals surface area contributed by atoms with Gasteiger partial charge in [-0.1, -0.05) is 24.9 Å². The summed E-state index contributed by atoms with van der Waals surface area (Å²) in [5.41, 5.74) is 7.83. The van der Waals surface area contributed by atoms with Gasteiger partial charge in [-0.2, -0.15) is 0 Å². The summed E-state index contributed by atoms with van der Waals surface area (Å²) in [5, 5.41) is 0.392. The molecule has 1 unspecified atom stereocenters. The third kappa shape index (κ3) is 5.21. The summed E-state index contributed by atoms with van der Waals surface area (Å²) in [4.78, 5) is 15.2. The molecule has 1 aromatic rings. The number of fused-ring (bicyclic) bond motifs is 1. The van der Waals surface area contributed by atoms with Crippen molar-refractivity contribution in [2.75, 3.05) is 25.4 Å². The van der Waals surface area contributed by atoms with Gasteiger partial charge in [-0.15, -0.1) is 12.4 Å². The van der Waals surface area contributed by atoms with E-state index in [1.54, 1.807) is 6.07 Å². The predicted molar refractivity (Wildman–Crippen MR) is 111 cm³/mol. The number of piperidine rings is 1. The molecule has 2 N–H and O–H groups in total. The van der Waals surface area contributed by atoms with Crippen molar-refractivity contribution in [2.24, 2.45) is 0 Å². The molecule has 1 atom stereocenters. The van der Waals surface area contributed by atoms with Crippen molar-refractivity contribution in [3.63, 3.8) is 0 Å². The SMILES string of the molecule is CCCCN1CCC(OC(=O)c2cc(Cl)c(N)c3c2OC(C)CC3)CC1.Cl. The van der Waals surface area contributed by atoms with Gasteiger partial charge in [0.15, 0.2) is 0 Å². The minimum Gasteiger partial charge on any atom is -0.489 e. The number of benzene rings is 1. The van der Waals surface area contributed by atoms with Crippen LogP contribution in [0.25, 0.3) is 0 Å². The Hall–Kier alpha value is -1.17. The van der Waals surface area contributed by atoms with Crippen LogP contribution >= 0.6 is 24.0 Å². The summed E-state index contributed by atoms with van der Waals surface area (Å²) >= 11 is 6.25. The third-order valence-electron chi connectivity index (χ3n) is 5.35. The van der Waals surface area contributed by atoms with Crippen molar-refractivity contribution in [1.82, 2.24) is 4.90 Å². The monoisotopic (exact) mass is 416 g/mol. The lowest BCUT2D eigenvalue weighted by Gasteiger charge is -2.32. The molecule has 2 aliphatic rings. The fourth-order valence-corrected chi connectivity index (χ4v) is 3.91. The van der Waals surface area contributed by atoms with E-state index in [0.29, 0.717) is 22.0 Å². The van der Waals surface area contributed by atoms with Crippen LogP contribution < -0.4 is 10.5 Å². The highest BCUT2D eigenvalue weighted by atomic mass is 35.5. The van der Waals surface area contributed by atoms with Gasteiger partial charge in [0.05, 0.1) is 16.8 Å². The van der Waals surface area contributed by atoms with Crippen LogP contribution in [0.3, 0.4) is 0 Å². The Morgan fingerprint density at radius 2 is 2.07 bits per heavy atom. The highest BCUT2D eigenvalue weighted by Gasteiger charge is 2.29. The number of hydrogen-bond donors (Lipinski definition) is 1. The minimum absolute atomic E-state index is 0. The van der Waals surface area contributed by atoms with Crippen molar-refractivity contribution < 1.29 is 14.3 Å². The van der Waals surface area contributed by atoms with E-state index in [-0.39, 0.29) is 30.6 Å². The number of halogens is 2. The number of nitrogen functional groups attached to an aromatic ring is 1. The smallest absolute Gasteiger partial charge is 0.342 e. The van der Waals surface area contributed by atoms with Crippen LogP contribution in [0.4, 0.5) is 5.69 Å². The normalized spacial score (nSPS) is 20.3. The van der Waals surface area contributed by atoms with Crippen molar-refractivity contribution in [3.05, 3.63) is 22.2 Å². The molecular formula is C20H30Cl2N2O3. The molecule has 2 aliphatic heterocycles. The Morgan fingerprint density at radius 1 is 1.37 bits per heavy atom. The molecule has 152 valence electrons. The molecule has 1 fully saturated rings. The van der Waals surface area contributed by atoms with Gasteiger partial charge in [0.25, 0.3) is 0 Å². The van der Waals surface area contributed by atoms with Crippen LogP contribution in [-0.2, 0) is 11.2 Å². The third-order valence-corrected chi connectivity index (χ3v) is 5.66. The average Bonchev–Trinajstić information content (AvgIpc) is 2.64. The molecule has 0 bridgehead atoms. The average molecular weight is 417 g/mol. The van der Waals surface area contributed by atoms with E-state index in [4.69, 9.17) is 26.8 Å². The second-order valence-corrected chi connectivity index (χ2v) is 7.80. The number of nitrogens with zero attached hydrogens (tertiary/aromatic N) is 1. The summed E-state index contributed by atoms with van der Waals surface area (Å²) in [5.74, 6) is 0.195. The number of esters is 1. The lowest BCUT2D eigenvalue weighted by atomic mass is 9.97. The van der Waals surface area contributed by atoms with Crippen LogP contribution in [0.5, 0.6) is 5.75 Å². The van der Waals surface area contributed by atoms with E-state index in [1.165, 1.54) is 12.8 Å². The molecule has 2 heterocycles. The van der Waals surface area contributed by atoms with Crippen LogP contribution in [-0.4, -0.2) is 42.7 Å². The van der Waals surface area contributed by atoms with E-state index in [9.17, 15) is 4.79 Å². The Morgan fingerprint density at radius 3 is 2.74 bits per heavy atom. The zero-order chi connectivity index (χ0) is 18.7. The number of rotatable bonds is 5. The standard InChI is InChI=1S/C20H29ClN2O3.ClH/c1-3-4-9-23-10-7-14(8-11-23)26-20(24)16-12-17(21)18(22)15-6-5-13(2)25-19(15)16;/h12-14H,3-11,22H2,1-2H3;1H. The van der Waals surface area contributed by atoms with Crippen LogP contribution in [0.15, 0.2) is 6.07 Å². The fraction of sp³-hybridized carbons (Fsp3) is 0.650. The van der Waals surface area contributed by atoms with Gasteiger partial charge >= 0.3 is 5.97 Å². The van der Waals surface area contributed by atoms with Gasteiger partial charge in [-0.25, -0.2) is 4.79 Å². The van der Waals surface area contributed by atoms with Crippen molar-refractivity contribution >= 4 is 35.7 Å². The number of nitrogens with two attached hydrogens (primary N) is 1. The maximum Gasteiger partial charge on any atom is 0.342 e. The van der Waals surface area contributed by atoms with E-state index in [1.807, 2.05) is 6.92 Å². The molecule has 0 aliphatic carbocycles. The molecule has 5 nitrogen and oxygen atoms in total. The molecule has 0 saturated carbocycles. The second kappa shape index (κ2) is 9.85. The summed E-state index contributed by atoms with van der Waals surface area (Å²) < 4.78 is 11.7. The first kappa shape index (κ1) is 22.1. The van der Waals surface area contributed by atoms with E-state index < -0.39 is 0 Å². The summed E-state index contributed by atoms with van der Waals surface area (Å²) in [6.07, 6.45) is 5.80. The lowest BCUT2D eigenvalue weighted by molar-refractivity contribution is 0.0106. The quantitative estimate of drug-likeness (QED) is 0.565. The van der Waals surface area contributed by atoms with E-state index in [2.05, 4.69) is 11.8 Å². The van der Waals surface area contributed by atoms with Crippen LogP contribution in [0.1, 0.15) is 61.9 Å². The van der Waals surface area contributed by atoms with Gasteiger partial charge < -0.3 is 20.1 Å². The topological polar surface area (TPSA) is 64.8 Å². The van der Waals surface area contributed by atoms with Gasteiger partial charge in [-0.3, -0.25) is 0 Å². The van der Waals surface area contributed by atoms with Crippen LogP contribution in [0, 0.1) is 0 Å². The number of carbonyl (C=O) groups is 1. The maximum absolute atomic E-state index is 12.8. The number of anilines is 1. The van der Waals surface area contributed by atoms with Gasteiger partial charge in [0.1, 0.15) is 17.4 Å². The predicted octanol–water partition coefficient (Wildman–Crippen LogP) is 4.48. The molecule has 0 radical (unpaired) electrons. The summed E-state index contributed by atoms with van der Waals surface area (Å²) in [7, 11) is 0. The summed E-state index contributed by atoms with van der Waals surface area (Å²) in [6.45, 7) is 7.28. The minimum atomic E-state index is -0.357. The number of carbonyl (C=O) groups excluding carboxylic acids is 1. The molecular weight excluding hydrogens is 387 g/mol. The Labute approximate surface area is 172 Å². The molecule has 3 rings (SSSR count). The number of likely N-dealkylation sites (tertiary alicyclic amines) is 1. The maximum atomic E-state index is 12.8. The highest BCUT2D eigenvalue weighted by Crippen LogP contribution is 2.40. The Bertz CT molecular complexity index is 661. The number of unbranched alkanes of at least 4 members (excludes halogenated alkanes) is 1. The van der Waals surface area contributed by atoms with Crippen molar-refractivity contribution in [2.45, 2.75) is 64.6 Å². The molecule has 7 heteroatoms. The van der Waals surface area contributed by atoms with Crippen molar-refractivity contribution in [1.29, 1.82) is 0 Å². The molecule has 0 aromatic heterocycles. The number of ether oxygens (including phenoxy) is 2. The van der Waals surface area contributed by atoms with Gasteiger partial charge in [0.2, 0.25) is 0 Å². The highest BCUT2D eigenvalue weighted by molar-refractivity contribution is 6.33. The number of hydrogen-bond acceptors (Lipinski definition) is 5. The zero-order valence-corrected chi connectivity index (χ0v) is 17.7. The lowest BCUT2D eigenvalue weighted by Crippen LogP contribution is -2.38. The van der Waals surface area contributed by atoms with Crippen LogP contribution in [0.2, 0.25) is 5.02 Å². The second-order valence-electron chi connectivity index (χ2n) is 7.39. The first-order valence-corrected chi connectivity index (χ1v) is 10.1. The molecule has 0 spiro atoms. The molecule has 27 heavy (non-hydrogen) atoms. The Kier molecular flexibility index (Phi) is 8.07. The van der Waals surface area contributed by atoms with Crippen molar-refractivity contribution in [3.8, 4) is 5.75 Å². The van der Waals surface area contributed by atoms with E-state index >= 15 is 0 Å². The van der Waals surface area contributed by atoms with E-state index in [0.717, 1.165) is 50.9 Å². The first-order valence-electron chi connectivity index (χ1n) is 9.70. The summed E-state index contributed by atoms with van der Waals surface area (Å²) in [6, 6.07) is 1.59. The van der Waals surface area contributed by atoms with Gasteiger partial charge in [0, 0.05) is 18.7 Å². The molecule has 1 aromatic carbocycles. The first-order chi connectivity index (χ1) is 12.5. The molecule has 0 amide bonds. The zero-order valence-electron chi connectivity index (χ0n) is 16.1.